The molecular formula is C12H18O3. The topological polar surface area (TPSA) is 31.0 Å². The van der Waals surface area contributed by atoms with E-state index in [1.165, 1.54) is 12.5 Å². The molecule has 3 nitrogen and oxygen atoms in total. The second-order valence-electron chi connectivity index (χ2n) is 4.41. The van der Waals surface area contributed by atoms with Crippen molar-refractivity contribution in [1.29, 1.82) is 0 Å². The third kappa shape index (κ3) is 2.34. The van der Waals surface area contributed by atoms with Gasteiger partial charge in [-0.25, -0.2) is 0 Å². The molecule has 1 saturated heterocycles. The van der Waals surface area contributed by atoms with Crippen LogP contribution in [-0.2, 0) is 14.2 Å². The van der Waals surface area contributed by atoms with Crippen molar-refractivity contribution >= 4 is 0 Å². The zero-order valence-corrected chi connectivity index (χ0v) is 8.98. The van der Waals surface area contributed by atoms with Gasteiger partial charge in [-0.2, -0.15) is 0 Å². The van der Waals surface area contributed by atoms with E-state index in [0.717, 1.165) is 19.3 Å². The van der Waals surface area contributed by atoms with Crippen molar-refractivity contribution in [2.75, 3.05) is 13.2 Å². The molecule has 1 saturated carbocycles. The van der Waals surface area contributed by atoms with E-state index in [0.29, 0.717) is 25.4 Å². The van der Waals surface area contributed by atoms with Gasteiger partial charge in [0.15, 0.2) is 0 Å². The maximum atomic E-state index is 5.53. The second kappa shape index (κ2) is 4.27. The smallest absolute Gasteiger partial charge is 0.0962 e. The second-order valence-corrected chi connectivity index (χ2v) is 4.41. The quantitative estimate of drug-likeness (QED) is 0.497. The van der Waals surface area contributed by atoms with Crippen molar-refractivity contribution in [3.63, 3.8) is 0 Å². The molecule has 0 bridgehead atoms. The lowest BCUT2D eigenvalue weighted by Gasteiger charge is -2.34. The fraction of sp³-hybridized carbons (Fsp3) is 0.667. The van der Waals surface area contributed by atoms with E-state index in [-0.39, 0.29) is 5.41 Å². The van der Waals surface area contributed by atoms with E-state index in [4.69, 9.17) is 14.2 Å². The van der Waals surface area contributed by atoms with Gasteiger partial charge < -0.3 is 14.2 Å². The number of hydrogen-bond donors (Lipinski definition) is 0. The highest BCUT2D eigenvalue weighted by Gasteiger charge is 2.51. The minimum absolute atomic E-state index is 0.0834. The first-order valence-corrected chi connectivity index (χ1v) is 5.40. The average molecular weight is 210 g/mol. The van der Waals surface area contributed by atoms with Crippen molar-refractivity contribution in [3.05, 3.63) is 25.7 Å². The Morgan fingerprint density at radius 2 is 1.87 bits per heavy atom. The molecule has 3 heteroatoms. The number of rotatable bonds is 6. The lowest BCUT2D eigenvalue weighted by Crippen LogP contribution is -2.36. The highest BCUT2D eigenvalue weighted by atomic mass is 16.6. The molecule has 0 amide bonds. The molecule has 2 unspecified atom stereocenters. The van der Waals surface area contributed by atoms with Gasteiger partial charge in [0.05, 0.1) is 37.9 Å². The van der Waals surface area contributed by atoms with E-state index in [2.05, 4.69) is 13.2 Å². The molecule has 1 heterocycles. The number of fused-ring (bicyclic) bond motifs is 1. The van der Waals surface area contributed by atoms with Gasteiger partial charge in [0.2, 0.25) is 0 Å². The van der Waals surface area contributed by atoms with Crippen molar-refractivity contribution < 1.29 is 14.2 Å². The molecule has 15 heavy (non-hydrogen) atoms. The van der Waals surface area contributed by atoms with E-state index in [1.54, 1.807) is 0 Å². The Morgan fingerprint density at radius 1 is 1.20 bits per heavy atom. The molecule has 0 radical (unpaired) electrons. The molecule has 2 rings (SSSR count). The Labute approximate surface area is 90.7 Å². The summed E-state index contributed by atoms with van der Waals surface area (Å²) in [6.07, 6.45) is 7.16. The molecule has 0 aromatic heterocycles. The van der Waals surface area contributed by atoms with E-state index in [9.17, 15) is 0 Å². The summed E-state index contributed by atoms with van der Waals surface area (Å²) in [6, 6.07) is 0. The van der Waals surface area contributed by atoms with Crippen LogP contribution in [0.1, 0.15) is 19.3 Å². The normalized spacial score (nSPS) is 31.2. The molecule has 84 valence electrons. The summed E-state index contributed by atoms with van der Waals surface area (Å²) in [5.41, 5.74) is 0.0834. The Bertz CT molecular complexity index is 237. The number of hydrogen-bond acceptors (Lipinski definition) is 3. The molecule has 2 aliphatic rings. The van der Waals surface area contributed by atoms with Crippen LogP contribution >= 0.6 is 0 Å². The average Bonchev–Trinajstić information content (AvgIpc) is 3.02. The molecule has 0 aromatic carbocycles. The molecule has 2 atom stereocenters. The van der Waals surface area contributed by atoms with Gasteiger partial charge in [-0.3, -0.25) is 0 Å². The van der Waals surface area contributed by atoms with Crippen LogP contribution in [0.25, 0.3) is 0 Å². The maximum absolute atomic E-state index is 5.53. The fourth-order valence-corrected chi connectivity index (χ4v) is 2.37. The first kappa shape index (κ1) is 10.6. The minimum atomic E-state index is 0.0834. The number of ether oxygens (including phenoxy) is 3. The molecule has 1 aliphatic carbocycles. The first-order valence-electron chi connectivity index (χ1n) is 5.40. The van der Waals surface area contributed by atoms with Gasteiger partial charge in [0.1, 0.15) is 0 Å². The van der Waals surface area contributed by atoms with Crippen molar-refractivity contribution in [1.82, 2.24) is 0 Å². The highest BCUT2D eigenvalue weighted by Crippen LogP contribution is 2.46. The van der Waals surface area contributed by atoms with Crippen LogP contribution in [0, 0.1) is 5.41 Å². The Balaban J connectivity index is 1.93. The largest absolute Gasteiger partial charge is 0.501 e. The van der Waals surface area contributed by atoms with Crippen LogP contribution in [0.4, 0.5) is 0 Å². The van der Waals surface area contributed by atoms with Gasteiger partial charge in [-0.1, -0.05) is 13.2 Å². The highest BCUT2D eigenvalue weighted by molar-refractivity contribution is 4.99. The summed E-state index contributed by atoms with van der Waals surface area (Å²) in [7, 11) is 0. The van der Waals surface area contributed by atoms with Crippen LogP contribution in [0.2, 0.25) is 0 Å². The molecular weight excluding hydrogens is 192 g/mol. The zero-order chi connectivity index (χ0) is 10.7. The third-order valence-electron chi connectivity index (χ3n) is 3.30. The van der Waals surface area contributed by atoms with Gasteiger partial charge in [-0.05, 0) is 19.3 Å². The van der Waals surface area contributed by atoms with Crippen LogP contribution in [0.5, 0.6) is 0 Å². The molecule has 0 aromatic rings. The summed E-state index contributed by atoms with van der Waals surface area (Å²) in [4.78, 5) is 0. The Hall–Kier alpha value is -0.960. The van der Waals surface area contributed by atoms with Gasteiger partial charge in [0, 0.05) is 5.41 Å². The Kier molecular flexibility index (Phi) is 3.00. The molecule has 1 aliphatic heterocycles. The predicted octanol–water partition coefficient (Wildman–Crippen LogP) is 2.24. The Morgan fingerprint density at radius 3 is 2.40 bits per heavy atom. The summed E-state index contributed by atoms with van der Waals surface area (Å²) >= 11 is 0. The van der Waals surface area contributed by atoms with Gasteiger partial charge in [0.25, 0.3) is 0 Å². The lowest BCUT2D eigenvalue weighted by molar-refractivity contribution is 0.0158. The van der Waals surface area contributed by atoms with Gasteiger partial charge >= 0.3 is 0 Å². The van der Waals surface area contributed by atoms with E-state index < -0.39 is 0 Å². The maximum Gasteiger partial charge on any atom is 0.0962 e. The molecule has 0 N–H and O–H groups in total. The summed E-state index contributed by atoms with van der Waals surface area (Å²) in [6.45, 7) is 8.47. The first-order chi connectivity index (χ1) is 7.29. The van der Waals surface area contributed by atoms with Crippen LogP contribution in [-0.4, -0.2) is 25.4 Å². The van der Waals surface area contributed by atoms with Crippen LogP contribution < -0.4 is 0 Å². The van der Waals surface area contributed by atoms with Crippen molar-refractivity contribution in [2.24, 2.45) is 5.41 Å². The third-order valence-corrected chi connectivity index (χ3v) is 3.30. The van der Waals surface area contributed by atoms with Crippen molar-refractivity contribution in [3.8, 4) is 0 Å². The van der Waals surface area contributed by atoms with Gasteiger partial charge in [-0.15, -0.1) is 0 Å². The SMILES string of the molecule is C=COCC1(COC=C)CCC2OC2C1. The van der Waals surface area contributed by atoms with E-state index >= 15 is 0 Å². The fourth-order valence-electron chi connectivity index (χ4n) is 2.37. The minimum Gasteiger partial charge on any atom is -0.501 e. The summed E-state index contributed by atoms with van der Waals surface area (Å²) in [5, 5.41) is 0. The van der Waals surface area contributed by atoms with Crippen molar-refractivity contribution in [2.45, 2.75) is 31.5 Å². The predicted molar refractivity (Wildman–Crippen MR) is 57.2 cm³/mol. The summed E-state index contributed by atoms with van der Waals surface area (Å²) in [5.74, 6) is 0. The number of epoxide rings is 1. The zero-order valence-electron chi connectivity index (χ0n) is 8.98. The lowest BCUT2D eigenvalue weighted by atomic mass is 9.75. The monoisotopic (exact) mass is 210 g/mol. The molecule has 2 fully saturated rings. The summed E-state index contributed by atoms with van der Waals surface area (Å²) < 4.78 is 16.2. The molecule has 0 spiro atoms. The van der Waals surface area contributed by atoms with Crippen LogP contribution in [0.15, 0.2) is 25.7 Å². The van der Waals surface area contributed by atoms with E-state index in [1.807, 2.05) is 0 Å². The standard InChI is InChI=1S/C12H18O3/c1-3-13-8-12(9-14-4-2)6-5-10-11(7-12)15-10/h3-4,10-11H,1-2,5-9H2. The van der Waals surface area contributed by atoms with Crippen LogP contribution in [0.3, 0.4) is 0 Å².